The van der Waals surface area contributed by atoms with E-state index in [1.54, 1.807) is 6.92 Å². The molecule has 1 aromatic rings. The third-order valence-electron chi connectivity index (χ3n) is 4.01. The van der Waals surface area contributed by atoms with Crippen LogP contribution in [0, 0.1) is 12.8 Å². The first-order valence-electron chi connectivity index (χ1n) is 9.79. The van der Waals surface area contributed by atoms with E-state index in [4.69, 9.17) is 4.74 Å². The van der Waals surface area contributed by atoms with Crippen molar-refractivity contribution in [1.29, 1.82) is 0 Å². The Morgan fingerprint density at radius 3 is 2.69 bits per heavy atom. The molecule has 0 saturated carbocycles. The predicted octanol–water partition coefficient (Wildman–Crippen LogP) is 4.27. The zero-order valence-corrected chi connectivity index (χ0v) is 17.3. The van der Waals surface area contributed by atoms with Gasteiger partial charge in [-0.1, -0.05) is 52.4 Å². The summed E-state index contributed by atoms with van der Waals surface area (Å²) in [6.45, 7) is 8.35. The van der Waals surface area contributed by atoms with Crippen LogP contribution in [0.3, 0.4) is 0 Å². The summed E-state index contributed by atoms with van der Waals surface area (Å²) < 4.78 is 9.72. The average Bonchev–Trinajstić information content (AvgIpc) is 3.04. The molecule has 150 valence electrons. The van der Waals surface area contributed by atoms with Crippen molar-refractivity contribution in [2.75, 3.05) is 25.2 Å². The minimum atomic E-state index is -0.283. The van der Waals surface area contributed by atoms with Gasteiger partial charge in [-0.3, -0.25) is 5.43 Å². The smallest absolute Gasteiger partial charge is 0.333 e. The fourth-order valence-corrected chi connectivity index (χ4v) is 3.05. The van der Waals surface area contributed by atoms with Crippen LogP contribution in [0.25, 0.3) is 0 Å². The molecule has 0 spiro atoms. The van der Waals surface area contributed by atoms with Gasteiger partial charge in [-0.05, 0) is 25.7 Å². The standard InChI is InChI=1S/C18H35N5O2S/c1-4-5-6-7-8-9-11-15(2)14-25-13-10-12-19-17(24)21-22-18-20-16(3)23-26-18/h15H,4-14H2,1-3H3,(H2,19,21,24)(H,20,22,23). The Morgan fingerprint density at radius 2 is 1.96 bits per heavy atom. The third kappa shape index (κ3) is 12.0. The van der Waals surface area contributed by atoms with Crippen molar-refractivity contribution >= 4 is 22.7 Å². The second-order valence-corrected chi connectivity index (χ2v) is 7.49. The van der Waals surface area contributed by atoms with Crippen molar-refractivity contribution in [3.63, 3.8) is 0 Å². The Balaban J connectivity index is 1.88. The van der Waals surface area contributed by atoms with Gasteiger partial charge in [-0.25, -0.2) is 15.2 Å². The van der Waals surface area contributed by atoms with E-state index in [0.717, 1.165) is 13.0 Å². The maximum Gasteiger partial charge on any atom is 0.333 e. The van der Waals surface area contributed by atoms with Gasteiger partial charge in [0.25, 0.3) is 0 Å². The molecular weight excluding hydrogens is 350 g/mol. The first kappa shape index (κ1) is 22.6. The molecule has 1 atom stereocenters. The predicted molar refractivity (Wildman–Crippen MR) is 107 cm³/mol. The van der Waals surface area contributed by atoms with Crippen molar-refractivity contribution in [2.24, 2.45) is 5.92 Å². The van der Waals surface area contributed by atoms with Crippen LogP contribution in [0.5, 0.6) is 0 Å². The topological polar surface area (TPSA) is 88.2 Å². The van der Waals surface area contributed by atoms with Crippen LogP contribution < -0.4 is 16.2 Å². The summed E-state index contributed by atoms with van der Waals surface area (Å²) in [4.78, 5) is 15.7. The van der Waals surface area contributed by atoms with Crippen LogP contribution in [-0.4, -0.2) is 35.1 Å². The number of urea groups is 1. The van der Waals surface area contributed by atoms with Crippen LogP contribution in [0.4, 0.5) is 9.93 Å². The molecular formula is C18H35N5O2S. The van der Waals surface area contributed by atoms with E-state index in [9.17, 15) is 4.79 Å². The van der Waals surface area contributed by atoms with Crippen LogP contribution in [0.15, 0.2) is 0 Å². The van der Waals surface area contributed by atoms with Crippen molar-refractivity contribution < 1.29 is 9.53 Å². The maximum absolute atomic E-state index is 11.6. The zero-order chi connectivity index (χ0) is 19.0. The molecule has 0 aliphatic heterocycles. The van der Waals surface area contributed by atoms with Gasteiger partial charge in [0.1, 0.15) is 5.82 Å². The number of ether oxygens (including phenoxy) is 1. The number of carbonyl (C=O) groups excluding carboxylic acids is 1. The number of aryl methyl sites for hydroxylation is 1. The van der Waals surface area contributed by atoms with Crippen LogP contribution in [-0.2, 0) is 4.74 Å². The molecule has 0 fully saturated rings. The van der Waals surface area contributed by atoms with E-state index in [-0.39, 0.29) is 6.03 Å². The molecule has 0 radical (unpaired) electrons. The number of amides is 2. The molecule has 26 heavy (non-hydrogen) atoms. The normalized spacial score (nSPS) is 12.0. The molecule has 2 amide bonds. The van der Waals surface area contributed by atoms with Crippen molar-refractivity contribution in [1.82, 2.24) is 20.1 Å². The highest BCUT2D eigenvalue weighted by Crippen LogP contribution is 2.12. The van der Waals surface area contributed by atoms with E-state index in [1.807, 2.05) is 0 Å². The number of aromatic nitrogens is 2. The van der Waals surface area contributed by atoms with Gasteiger partial charge in [-0.2, -0.15) is 4.37 Å². The highest BCUT2D eigenvalue weighted by Gasteiger charge is 2.04. The van der Waals surface area contributed by atoms with Crippen LogP contribution >= 0.6 is 11.5 Å². The summed E-state index contributed by atoms with van der Waals surface area (Å²) in [5.41, 5.74) is 5.25. The fraction of sp³-hybridized carbons (Fsp3) is 0.833. The van der Waals surface area contributed by atoms with E-state index in [1.165, 1.54) is 56.5 Å². The van der Waals surface area contributed by atoms with Gasteiger partial charge in [0.2, 0.25) is 5.13 Å². The Bertz CT molecular complexity index is 484. The molecule has 3 N–H and O–H groups in total. The summed E-state index contributed by atoms with van der Waals surface area (Å²) in [6, 6.07) is -0.283. The Labute approximate surface area is 161 Å². The molecule has 0 saturated heterocycles. The number of hydrazine groups is 1. The van der Waals surface area contributed by atoms with Gasteiger partial charge < -0.3 is 10.1 Å². The second kappa shape index (κ2) is 14.7. The number of hydrogen-bond acceptors (Lipinski definition) is 6. The summed E-state index contributed by atoms with van der Waals surface area (Å²) in [5, 5.41) is 3.34. The first-order chi connectivity index (χ1) is 12.6. The lowest BCUT2D eigenvalue weighted by atomic mass is 10.0. The molecule has 1 unspecified atom stereocenters. The van der Waals surface area contributed by atoms with E-state index in [0.29, 0.717) is 30.0 Å². The van der Waals surface area contributed by atoms with Crippen LogP contribution in [0.2, 0.25) is 0 Å². The summed E-state index contributed by atoms with van der Waals surface area (Å²) in [6.07, 6.45) is 10.1. The van der Waals surface area contributed by atoms with Gasteiger partial charge in [0.05, 0.1) is 0 Å². The molecule has 0 aliphatic carbocycles. The zero-order valence-electron chi connectivity index (χ0n) is 16.5. The monoisotopic (exact) mass is 385 g/mol. The summed E-state index contributed by atoms with van der Waals surface area (Å²) in [7, 11) is 0. The van der Waals surface area contributed by atoms with Gasteiger partial charge in [-0.15, -0.1) is 0 Å². The van der Waals surface area contributed by atoms with Gasteiger partial charge in [0, 0.05) is 31.3 Å². The van der Waals surface area contributed by atoms with E-state index in [2.05, 4.69) is 39.4 Å². The highest BCUT2D eigenvalue weighted by molar-refractivity contribution is 7.09. The highest BCUT2D eigenvalue weighted by atomic mass is 32.1. The van der Waals surface area contributed by atoms with E-state index < -0.39 is 0 Å². The SMILES string of the molecule is CCCCCCCCC(C)COCCCNC(=O)NNc1nc(C)ns1. The number of hydrogen-bond donors (Lipinski definition) is 3. The largest absolute Gasteiger partial charge is 0.381 e. The molecule has 0 aromatic carbocycles. The van der Waals surface area contributed by atoms with E-state index >= 15 is 0 Å². The Morgan fingerprint density at radius 1 is 1.19 bits per heavy atom. The minimum absolute atomic E-state index is 0.283. The molecule has 8 heteroatoms. The maximum atomic E-state index is 11.6. The van der Waals surface area contributed by atoms with Crippen molar-refractivity contribution in [3.8, 4) is 0 Å². The molecule has 0 bridgehead atoms. The average molecular weight is 386 g/mol. The summed E-state index contributed by atoms with van der Waals surface area (Å²) >= 11 is 1.20. The van der Waals surface area contributed by atoms with Gasteiger partial charge in [0.15, 0.2) is 0 Å². The molecule has 1 aromatic heterocycles. The molecule has 1 heterocycles. The van der Waals surface area contributed by atoms with Crippen LogP contribution in [0.1, 0.15) is 71.0 Å². The molecule has 0 aliphatic rings. The summed E-state index contributed by atoms with van der Waals surface area (Å²) in [5.74, 6) is 1.29. The number of anilines is 1. The van der Waals surface area contributed by atoms with Crippen molar-refractivity contribution in [2.45, 2.75) is 72.1 Å². The number of nitrogens with one attached hydrogen (secondary N) is 3. The van der Waals surface area contributed by atoms with Gasteiger partial charge >= 0.3 is 6.03 Å². The third-order valence-corrected chi connectivity index (χ3v) is 4.74. The Hall–Kier alpha value is -1.41. The first-order valence-corrected chi connectivity index (χ1v) is 10.6. The lowest BCUT2D eigenvalue weighted by Gasteiger charge is -2.12. The fourth-order valence-electron chi connectivity index (χ4n) is 2.52. The minimum Gasteiger partial charge on any atom is -0.381 e. The molecule has 7 nitrogen and oxygen atoms in total. The number of carbonyl (C=O) groups is 1. The Kier molecular flexibility index (Phi) is 12.8. The number of rotatable bonds is 15. The number of unbranched alkanes of at least 4 members (excludes halogenated alkanes) is 5. The quantitative estimate of drug-likeness (QED) is 0.310. The lowest BCUT2D eigenvalue weighted by molar-refractivity contribution is 0.0993. The second-order valence-electron chi connectivity index (χ2n) is 6.74. The number of nitrogens with zero attached hydrogens (tertiary/aromatic N) is 2. The lowest BCUT2D eigenvalue weighted by Crippen LogP contribution is -2.39. The van der Waals surface area contributed by atoms with Crippen molar-refractivity contribution in [3.05, 3.63) is 5.82 Å². The molecule has 1 rings (SSSR count).